The predicted octanol–water partition coefficient (Wildman–Crippen LogP) is 6.93. The fourth-order valence-electron chi connectivity index (χ4n) is 4.21. The normalized spacial score (nSPS) is 17.3. The van der Waals surface area contributed by atoms with Crippen LogP contribution in [0.15, 0.2) is 89.7 Å². The van der Waals surface area contributed by atoms with Crippen LogP contribution < -0.4 is 9.05 Å². The highest BCUT2D eigenvalue weighted by atomic mass is 31.2. The van der Waals surface area contributed by atoms with E-state index in [1.165, 1.54) is 11.1 Å². The summed E-state index contributed by atoms with van der Waals surface area (Å²) in [5.41, 5.74) is 2.49. The number of para-hydroxylation sites is 2. The topological polar surface area (TPSA) is 51.1 Å². The van der Waals surface area contributed by atoms with Gasteiger partial charge in [0.2, 0.25) is 0 Å². The van der Waals surface area contributed by atoms with Gasteiger partial charge in [0, 0.05) is 13.0 Å². The molecule has 0 N–H and O–H groups in total. The second-order valence-corrected chi connectivity index (χ2v) is 9.65. The number of benzene rings is 3. The molecule has 3 aromatic carbocycles. The van der Waals surface area contributed by atoms with Crippen molar-refractivity contribution in [3.05, 3.63) is 96.1 Å². The van der Waals surface area contributed by atoms with E-state index in [-0.39, 0.29) is 6.04 Å². The van der Waals surface area contributed by atoms with Crippen LogP contribution in [0.25, 0.3) is 0 Å². The third-order valence-electron chi connectivity index (χ3n) is 5.53. The Balaban J connectivity index is 1.78. The molecule has 1 aliphatic rings. The highest BCUT2D eigenvalue weighted by Crippen LogP contribution is 2.51. The number of hydrogen-bond acceptors (Lipinski definition) is 3. The Kier molecular flexibility index (Phi) is 6.66. The lowest BCUT2D eigenvalue weighted by Crippen LogP contribution is -2.42. The van der Waals surface area contributed by atoms with Crippen molar-refractivity contribution in [3.63, 3.8) is 0 Å². The minimum absolute atomic E-state index is 0.144. The van der Waals surface area contributed by atoms with Gasteiger partial charge in [-0.15, -0.1) is 4.76 Å². The third-order valence-corrected chi connectivity index (χ3v) is 6.89. The molecule has 0 amide bonds. The molecule has 0 radical (unpaired) electrons. The van der Waals surface area contributed by atoms with Crippen LogP contribution in [0, 0.1) is 5.92 Å². The Morgan fingerprint density at radius 2 is 1.44 bits per heavy atom. The van der Waals surface area contributed by atoms with Crippen molar-refractivity contribution in [2.24, 2.45) is 10.7 Å². The van der Waals surface area contributed by atoms with Crippen LogP contribution in [0.5, 0.6) is 11.5 Å². The van der Waals surface area contributed by atoms with Gasteiger partial charge >= 0.3 is 7.75 Å². The molecule has 4 rings (SSSR count). The minimum Gasteiger partial charge on any atom is -0.399 e. The minimum atomic E-state index is -3.90. The van der Waals surface area contributed by atoms with Crippen LogP contribution in [0.4, 0.5) is 0 Å². The van der Waals surface area contributed by atoms with E-state index >= 15 is 0 Å². The third kappa shape index (κ3) is 4.89. The van der Waals surface area contributed by atoms with Crippen molar-refractivity contribution < 1.29 is 13.6 Å². The summed E-state index contributed by atoms with van der Waals surface area (Å²) in [7, 11) is -3.90. The van der Waals surface area contributed by atoms with E-state index in [0.29, 0.717) is 23.8 Å². The Bertz CT molecular complexity index is 1070. The lowest BCUT2D eigenvalue weighted by atomic mass is 9.86. The molecule has 166 valence electrons. The van der Waals surface area contributed by atoms with Crippen LogP contribution in [-0.2, 0) is 11.0 Å². The number of hydrogen-bond donors (Lipinski definition) is 0. The predicted molar refractivity (Wildman–Crippen MR) is 129 cm³/mol. The second-order valence-electron chi connectivity index (χ2n) is 8.14. The van der Waals surface area contributed by atoms with E-state index in [4.69, 9.17) is 13.8 Å². The zero-order valence-electron chi connectivity index (χ0n) is 18.7. The first-order valence-corrected chi connectivity index (χ1v) is 12.5. The van der Waals surface area contributed by atoms with Crippen LogP contribution in [0.3, 0.4) is 0 Å². The SMILES string of the molecule is CCN1C(=NP(=O)(Oc2ccccc2)Oc2ccccc2)Cc2ccccc2C1C(C)C. The smallest absolute Gasteiger partial charge is 0.399 e. The first-order valence-electron chi connectivity index (χ1n) is 11.0. The van der Waals surface area contributed by atoms with E-state index in [9.17, 15) is 4.57 Å². The molecule has 32 heavy (non-hydrogen) atoms. The fourth-order valence-corrected chi connectivity index (χ4v) is 5.57. The van der Waals surface area contributed by atoms with Gasteiger partial charge in [0.15, 0.2) is 0 Å². The summed E-state index contributed by atoms with van der Waals surface area (Å²) >= 11 is 0. The summed E-state index contributed by atoms with van der Waals surface area (Å²) in [5, 5.41) is 0. The highest BCUT2D eigenvalue weighted by molar-refractivity contribution is 7.53. The van der Waals surface area contributed by atoms with Gasteiger partial charge in [-0.05, 0) is 48.2 Å². The largest absolute Gasteiger partial charge is 0.564 e. The molecule has 1 aliphatic heterocycles. The zero-order valence-corrected chi connectivity index (χ0v) is 19.6. The van der Waals surface area contributed by atoms with Gasteiger partial charge in [0.05, 0.1) is 6.04 Å². The fraction of sp³-hybridized carbons (Fsp3) is 0.269. The molecule has 0 fully saturated rings. The van der Waals surface area contributed by atoms with Crippen molar-refractivity contribution >= 4 is 13.6 Å². The van der Waals surface area contributed by atoms with Crippen molar-refractivity contribution in [2.75, 3.05) is 6.54 Å². The van der Waals surface area contributed by atoms with Crippen molar-refractivity contribution in [1.29, 1.82) is 0 Å². The Hall–Kier alpha value is -3.04. The molecule has 0 saturated carbocycles. The summed E-state index contributed by atoms with van der Waals surface area (Å²) < 4.78 is 30.5. The number of amidine groups is 1. The van der Waals surface area contributed by atoms with Gasteiger partial charge in [-0.25, -0.2) is 4.57 Å². The van der Waals surface area contributed by atoms with Crippen molar-refractivity contribution in [1.82, 2.24) is 4.90 Å². The van der Waals surface area contributed by atoms with E-state index in [2.05, 4.69) is 43.9 Å². The van der Waals surface area contributed by atoms with Gasteiger partial charge in [0.1, 0.15) is 17.3 Å². The first kappa shape index (κ1) is 22.2. The lowest BCUT2D eigenvalue weighted by molar-refractivity contribution is 0.249. The van der Waals surface area contributed by atoms with E-state index < -0.39 is 7.75 Å². The molecule has 5 nitrogen and oxygen atoms in total. The molecule has 0 saturated heterocycles. The van der Waals surface area contributed by atoms with Crippen LogP contribution in [-0.4, -0.2) is 17.3 Å². The number of fused-ring (bicyclic) bond motifs is 1. The maximum atomic E-state index is 14.0. The maximum Gasteiger partial charge on any atom is 0.564 e. The molecule has 0 bridgehead atoms. The second kappa shape index (κ2) is 9.62. The summed E-state index contributed by atoms with van der Waals surface area (Å²) in [6, 6.07) is 26.7. The monoisotopic (exact) mass is 448 g/mol. The lowest BCUT2D eigenvalue weighted by Gasteiger charge is -2.41. The molecular formula is C26H29N2O3P. The average molecular weight is 449 g/mol. The zero-order chi connectivity index (χ0) is 22.6. The average Bonchev–Trinajstić information content (AvgIpc) is 2.79. The highest BCUT2D eigenvalue weighted by Gasteiger charge is 2.36. The summed E-state index contributed by atoms with van der Waals surface area (Å²) in [4.78, 5) is 2.22. The number of nitrogens with zero attached hydrogens (tertiary/aromatic N) is 2. The molecule has 6 heteroatoms. The Morgan fingerprint density at radius 1 is 0.906 bits per heavy atom. The van der Waals surface area contributed by atoms with Crippen LogP contribution in [0.1, 0.15) is 37.9 Å². The number of likely N-dealkylation sites (N-methyl/N-ethyl adjacent to an activating group) is 1. The van der Waals surface area contributed by atoms with Gasteiger partial charge < -0.3 is 13.9 Å². The molecule has 0 aliphatic carbocycles. The van der Waals surface area contributed by atoms with Gasteiger partial charge in [-0.3, -0.25) is 0 Å². The maximum absolute atomic E-state index is 14.0. The molecule has 3 aromatic rings. The number of rotatable bonds is 7. The Labute approximate surface area is 190 Å². The van der Waals surface area contributed by atoms with Crippen LogP contribution >= 0.6 is 7.75 Å². The molecular weight excluding hydrogens is 419 g/mol. The van der Waals surface area contributed by atoms with E-state index in [0.717, 1.165) is 12.4 Å². The van der Waals surface area contributed by atoms with Crippen molar-refractivity contribution in [3.8, 4) is 11.5 Å². The van der Waals surface area contributed by atoms with E-state index in [1.54, 1.807) is 24.3 Å². The van der Waals surface area contributed by atoms with Crippen molar-refractivity contribution in [2.45, 2.75) is 33.2 Å². The summed E-state index contributed by atoms with van der Waals surface area (Å²) in [6.45, 7) is 7.24. The van der Waals surface area contributed by atoms with Crippen LogP contribution in [0.2, 0.25) is 0 Å². The molecule has 1 atom stereocenters. The summed E-state index contributed by atoms with van der Waals surface area (Å²) in [5.74, 6) is 1.98. The Morgan fingerprint density at radius 3 is 1.97 bits per heavy atom. The van der Waals surface area contributed by atoms with Gasteiger partial charge in [-0.2, -0.15) is 0 Å². The summed E-state index contributed by atoms with van der Waals surface area (Å²) in [6.07, 6.45) is 0.577. The first-order chi connectivity index (χ1) is 15.5. The van der Waals surface area contributed by atoms with Gasteiger partial charge in [0.25, 0.3) is 0 Å². The molecule has 0 aromatic heterocycles. The molecule has 1 unspecified atom stereocenters. The standard InChI is InChI=1S/C26H29N2O3P/c1-4-28-25(19-21-13-11-12-18-24(21)26(28)20(2)3)27-32(29,30-22-14-7-5-8-15-22)31-23-16-9-6-10-17-23/h5-18,20,26H,4,19H2,1-3H3. The molecule has 1 heterocycles. The van der Waals surface area contributed by atoms with E-state index in [1.807, 2.05) is 42.5 Å². The van der Waals surface area contributed by atoms with Gasteiger partial charge in [-0.1, -0.05) is 74.5 Å². The molecule has 0 spiro atoms. The quantitative estimate of drug-likeness (QED) is 0.368.